The first-order valence-electron chi connectivity index (χ1n) is 11.5. The summed E-state index contributed by atoms with van der Waals surface area (Å²) in [6.45, 7) is 5.26. The second-order valence-corrected chi connectivity index (χ2v) is 8.33. The number of nitrogens with zero attached hydrogens (tertiary/aromatic N) is 1. The Morgan fingerprint density at radius 2 is 1.56 bits per heavy atom. The van der Waals surface area contributed by atoms with E-state index in [9.17, 15) is 14.4 Å². The Hall–Kier alpha value is -4.07. The molecule has 0 saturated carbocycles. The lowest BCUT2D eigenvalue weighted by Gasteiger charge is -2.12. The van der Waals surface area contributed by atoms with Gasteiger partial charge in [-0.3, -0.25) is 9.59 Å². The van der Waals surface area contributed by atoms with Gasteiger partial charge >= 0.3 is 5.97 Å². The number of carbonyl (C=O) groups excluding carboxylic acids is 3. The predicted molar refractivity (Wildman–Crippen MR) is 134 cm³/mol. The molecule has 0 saturated heterocycles. The number of ether oxygens (including phenoxy) is 4. The van der Waals surface area contributed by atoms with Gasteiger partial charge < -0.3 is 23.5 Å². The van der Waals surface area contributed by atoms with Crippen LogP contribution in [0.4, 0.5) is 0 Å². The van der Waals surface area contributed by atoms with Gasteiger partial charge in [-0.05, 0) is 75.2 Å². The van der Waals surface area contributed by atoms with Crippen molar-refractivity contribution in [2.24, 2.45) is 0 Å². The molecule has 0 N–H and O–H groups in total. The average molecular weight is 494 g/mol. The maximum absolute atomic E-state index is 12.7. The third-order valence-electron chi connectivity index (χ3n) is 5.93. The Labute approximate surface area is 210 Å². The smallest absolute Gasteiger partial charge is 0.344 e. The molecule has 3 aromatic rings. The number of aryl methyl sites for hydroxylation is 2. The van der Waals surface area contributed by atoms with E-state index < -0.39 is 5.97 Å². The monoisotopic (exact) mass is 493 g/mol. The van der Waals surface area contributed by atoms with E-state index in [1.807, 2.05) is 38.1 Å². The highest BCUT2D eigenvalue weighted by atomic mass is 16.6. The number of Topliss-reactive ketones (excluding diaryl/α,β-unsaturated/α-hetero) is 2. The van der Waals surface area contributed by atoms with Gasteiger partial charge in [0.25, 0.3) is 0 Å². The molecule has 0 aliphatic carbocycles. The van der Waals surface area contributed by atoms with Crippen LogP contribution >= 0.6 is 0 Å². The summed E-state index contributed by atoms with van der Waals surface area (Å²) >= 11 is 0. The first kappa shape index (κ1) is 26.5. The normalized spacial score (nSPS) is 10.6. The molecule has 0 fully saturated rings. The molecule has 1 heterocycles. The maximum atomic E-state index is 12.7. The lowest BCUT2D eigenvalue weighted by Crippen LogP contribution is -2.20. The molecular weight excluding hydrogens is 462 g/mol. The van der Waals surface area contributed by atoms with Crippen LogP contribution in [0.2, 0.25) is 0 Å². The first-order chi connectivity index (χ1) is 17.2. The van der Waals surface area contributed by atoms with Crippen molar-refractivity contribution >= 4 is 17.5 Å². The van der Waals surface area contributed by atoms with Gasteiger partial charge in [0.2, 0.25) is 5.78 Å². The Morgan fingerprint density at radius 3 is 2.19 bits per heavy atom. The molecule has 2 aromatic carbocycles. The molecule has 190 valence electrons. The van der Waals surface area contributed by atoms with Crippen molar-refractivity contribution < 1.29 is 33.3 Å². The van der Waals surface area contributed by atoms with Crippen LogP contribution < -0.4 is 14.2 Å². The van der Waals surface area contributed by atoms with E-state index in [0.717, 1.165) is 23.4 Å². The zero-order valence-electron chi connectivity index (χ0n) is 21.3. The molecule has 0 radical (unpaired) electrons. The SMILES string of the molecule is COc1ccc(CCn2c(C)cc(C(=O)COC(=O)COc3ccc(C(C)=O)cc3)c2C)cc1OC. The van der Waals surface area contributed by atoms with Gasteiger partial charge in [0, 0.05) is 29.1 Å². The highest BCUT2D eigenvalue weighted by molar-refractivity contribution is 5.99. The minimum absolute atomic E-state index is 0.0557. The second kappa shape index (κ2) is 12.1. The van der Waals surface area contributed by atoms with Gasteiger partial charge in [-0.15, -0.1) is 0 Å². The standard InChI is InChI=1S/C28H31NO7/c1-18-14-24(19(2)29(18)13-12-21-6-11-26(33-4)27(15-21)34-5)25(31)16-36-28(32)17-35-23-9-7-22(8-10-23)20(3)30/h6-11,14-15H,12-13,16-17H2,1-5H3. The summed E-state index contributed by atoms with van der Waals surface area (Å²) in [4.78, 5) is 36.1. The zero-order valence-corrected chi connectivity index (χ0v) is 21.3. The minimum Gasteiger partial charge on any atom is -0.493 e. The average Bonchev–Trinajstić information content (AvgIpc) is 3.17. The Bertz CT molecular complexity index is 1240. The van der Waals surface area contributed by atoms with Crippen molar-refractivity contribution in [2.45, 2.75) is 33.7 Å². The van der Waals surface area contributed by atoms with Crippen LogP contribution in [0.25, 0.3) is 0 Å². The van der Waals surface area contributed by atoms with Crippen molar-refractivity contribution in [1.82, 2.24) is 4.57 Å². The molecule has 3 rings (SSSR count). The van der Waals surface area contributed by atoms with Crippen molar-refractivity contribution in [2.75, 3.05) is 27.4 Å². The molecule has 0 aliphatic rings. The third-order valence-corrected chi connectivity index (χ3v) is 5.93. The van der Waals surface area contributed by atoms with Gasteiger partial charge in [-0.2, -0.15) is 0 Å². The van der Waals surface area contributed by atoms with E-state index in [4.69, 9.17) is 18.9 Å². The Morgan fingerprint density at radius 1 is 0.861 bits per heavy atom. The molecule has 8 heteroatoms. The predicted octanol–water partition coefficient (Wildman–Crippen LogP) is 4.37. The summed E-state index contributed by atoms with van der Waals surface area (Å²) in [6.07, 6.45) is 0.740. The largest absolute Gasteiger partial charge is 0.493 e. The lowest BCUT2D eigenvalue weighted by molar-refractivity contribution is -0.144. The number of aromatic nitrogens is 1. The number of carbonyl (C=O) groups is 3. The van der Waals surface area contributed by atoms with Crippen LogP contribution in [0.3, 0.4) is 0 Å². The lowest BCUT2D eigenvalue weighted by atomic mass is 10.1. The summed E-state index contributed by atoms with van der Waals surface area (Å²) < 4.78 is 23.2. The molecule has 0 atom stereocenters. The second-order valence-electron chi connectivity index (χ2n) is 8.33. The molecule has 0 unspecified atom stereocenters. The number of ketones is 2. The van der Waals surface area contributed by atoms with Crippen LogP contribution in [-0.2, 0) is 22.5 Å². The first-order valence-corrected chi connectivity index (χ1v) is 11.5. The summed E-state index contributed by atoms with van der Waals surface area (Å²) in [5.74, 6) is 0.793. The maximum Gasteiger partial charge on any atom is 0.344 e. The highest BCUT2D eigenvalue weighted by Crippen LogP contribution is 2.28. The van der Waals surface area contributed by atoms with Gasteiger partial charge in [0.1, 0.15) is 5.75 Å². The number of hydrogen-bond donors (Lipinski definition) is 0. The van der Waals surface area contributed by atoms with Gasteiger partial charge in [0.05, 0.1) is 14.2 Å². The van der Waals surface area contributed by atoms with E-state index in [0.29, 0.717) is 34.9 Å². The quantitative estimate of drug-likeness (QED) is 0.273. The highest BCUT2D eigenvalue weighted by Gasteiger charge is 2.18. The number of esters is 1. The fourth-order valence-electron chi connectivity index (χ4n) is 3.90. The van der Waals surface area contributed by atoms with Crippen LogP contribution in [0.5, 0.6) is 17.2 Å². The van der Waals surface area contributed by atoms with E-state index in [-0.39, 0.29) is 24.8 Å². The fraction of sp³-hybridized carbons (Fsp3) is 0.321. The summed E-state index contributed by atoms with van der Waals surface area (Å²) in [5.41, 5.74) is 3.92. The molecule has 0 amide bonds. The van der Waals surface area contributed by atoms with Crippen LogP contribution in [0.1, 0.15) is 44.6 Å². The van der Waals surface area contributed by atoms with Gasteiger partial charge in [-0.1, -0.05) is 6.07 Å². The molecule has 0 bridgehead atoms. The fourth-order valence-corrected chi connectivity index (χ4v) is 3.90. The number of rotatable bonds is 12. The van der Waals surface area contributed by atoms with Gasteiger partial charge in [0.15, 0.2) is 30.5 Å². The van der Waals surface area contributed by atoms with Crippen molar-refractivity contribution in [3.8, 4) is 17.2 Å². The minimum atomic E-state index is -0.652. The van der Waals surface area contributed by atoms with Crippen LogP contribution in [0, 0.1) is 13.8 Å². The Kier molecular flexibility index (Phi) is 8.89. The van der Waals surface area contributed by atoms with E-state index in [2.05, 4.69) is 4.57 Å². The van der Waals surface area contributed by atoms with E-state index in [1.165, 1.54) is 6.92 Å². The molecular formula is C28H31NO7. The summed E-state index contributed by atoms with van der Waals surface area (Å²) in [6, 6.07) is 14.1. The zero-order chi connectivity index (χ0) is 26.2. The van der Waals surface area contributed by atoms with Crippen LogP contribution in [0.15, 0.2) is 48.5 Å². The number of methoxy groups -OCH3 is 2. The van der Waals surface area contributed by atoms with Crippen molar-refractivity contribution in [3.05, 3.63) is 76.6 Å². The Balaban J connectivity index is 1.54. The summed E-state index contributed by atoms with van der Waals surface area (Å²) in [5, 5.41) is 0. The molecule has 36 heavy (non-hydrogen) atoms. The van der Waals surface area contributed by atoms with Gasteiger partial charge in [-0.25, -0.2) is 4.79 Å². The number of benzene rings is 2. The van der Waals surface area contributed by atoms with Crippen LogP contribution in [-0.4, -0.2) is 49.5 Å². The van der Waals surface area contributed by atoms with Crippen molar-refractivity contribution in [3.63, 3.8) is 0 Å². The van der Waals surface area contributed by atoms with E-state index in [1.54, 1.807) is 38.5 Å². The molecule has 1 aromatic heterocycles. The molecule has 8 nitrogen and oxygen atoms in total. The summed E-state index contributed by atoms with van der Waals surface area (Å²) in [7, 11) is 3.20. The van der Waals surface area contributed by atoms with E-state index >= 15 is 0 Å². The van der Waals surface area contributed by atoms with Crippen molar-refractivity contribution in [1.29, 1.82) is 0 Å². The molecule has 0 spiro atoms. The topological polar surface area (TPSA) is 93.1 Å². The third kappa shape index (κ3) is 6.53. The number of hydrogen-bond acceptors (Lipinski definition) is 7. The molecule has 0 aliphatic heterocycles.